The van der Waals surface area contributed by atoms with Crippen LogP contribution in [0.25, 0.3) is 0 Å². The summed E-state index contributed by atoms with van der Waals surface area (Å²) >= 11 is 6.02. The fourth-order valence-electron chi connectivity index (χ4n) is 2.62. The Morgan fingerprint density at radius 1 is 1.58 bits per heavy atom. The molecule has 0 unspecified atom stereocenters. The smallest absolute Gasteiger partial charge is 0.239 e. The second-order valence-electron chi connectivity index (χ2n) is 5.46. The van der Waals surface area contributed by atoms with Gasteiger partial charge in [0.05, 0.1) is 29.7 Å². The van der Waals surface area contributed by atoms with E-state index in [0.717, 1.165) is 31.9 Å². The zero-order valence-electron chi connectivity index (χ0n) is 10.5. The molecule has 2 aliphatic heterocycles. The van der Waals surface area contributed by atoms with Crippen LogP contribution in [-0.2, 0) is 16.0 Å². The molecule has 3 heterocycles. The summed E-state index contributed by atoms with van der Waals surface area (Å²) in [5.74, 6) is -0.00889. The molecule has 1 amide bonds. The third-order valence-electron chi connectivity index (χ3n) is 3.79. The van der Waals surface area contributed by atoms with E-state index in [9.17, 15) is 4.79 Å². The van der Waals surface area contributed by atoms with Gasteiger partial charge in [-0.1, -0.05) is 11.6 Å². The highest BCUT2D eigenvalue weighted by molar-refractivity contribution is 6.31. The molecule has 0 aliphatic carbocycles. The zero-order chi connectivity index (χ0) is 13.5. The highest BCUT2D eigenvalue weighted by Crippen LogP contribution is 2.37. The van der Waals surface area contributed by atoms with Crippen LogP contribution in [0.15, 0.2) is 18.5 Å². The predicted molar refractivity (Wildman–Crippen MR) is 70.8 cm³/mol. The first-order valence-corrected chi connectivity index (χ1v) is 6.68. The molecule has 3 rings (SSSR count). The lowest BCUT2D eigenvalue weighted by molar-refractivity contribution is -0.195. The summed E-state index contributed by atoms with van der Waals surface area (Å²) in [7, 11) is 0. The fraction of sp³-hybridized carbons (Fsp3) is 0.538. The first-order chi connectivity index (χ1) is 9.10. The Labute approximate surface area is 116 Å². The molecule has 1 atom stereocenters. The maximum Gasteiger partial charge on any atom is 0.239 e. The first-order valence-electron chi connectivity index (χ1n) is 6.30. The number of ether oxygens (including phenoxy) is 1. The number of nitrogens with two attached hydrogens (primary N) is 1. The van der Waals surface area contributed by atoms with Gasteiger partial charge >= 0.3 is 0 Å². The van der Waals surface area contributed by atoms with Gasteiger partial charge in [-0.2, -0.15) is 0 Å². The number of hydrogen-bond donors (Lipinski definition) is 1. The van der Waals surface area contributed by atoms with Gasteiger partial charge in [-0.25, -0.2) is 0 Å². The number of hydrogen-bond acceptors (Lipinski definition) is 4. The van der Waals surface area contributed by atoms with Crippen molar-refractivity contribution in [1.82, 2.24) is 9.88 Å². The lowest BCUT2D eigenvalue weighted by Crippen LogP contribution is -2.69. The van der Waals surface area contributed by atoms with Gasteiger partial charge in [0.1, 0.15) is 0 Å². The van der Waals surface area contributed by atoms with Crippen LogP contribution in [0.5, 0.6) is 0 Å². The van der Waals surface area contributed by atoms with Crippen molar-refractivity contribution >= 4 is 17.5 Å². The van der Waals surface area contributed by atoms with Gasteiger partial charge in [-0.15, -0.1) is 0 Å². The Bertz CT molecular complexity index is 496. The number of likely N-dealkylation sites (tertiary alicyclic amines) is 1. The molecule has 2 fully saturated rings. The molecule has 0 saturated carbocycles. The highest BCUT2D eigenvalue weighted by Gasteiger charge is 2.51. The third kappa shape index (κ3) is 2.33. The molecule has 102 valence electrons. The number of carbonyl (C=O) groups excluding carboxylic acids is 1. The number of rotatable bonds is 3. The van der Waals surface area contributed by atoms with E-state index in [1.54, 1.807) is 18.5 Å². The van der Waals surface area contributed by atoms with E-state index in [1.165, 1.54) is 0 Å². The molecule has 1 aromatic rings. The van der Waals surface area contributed by atoms with Crippen molar-refractivity contribution in [3.05, 3.63) is 29.0 Å². The molecule has 2 N–H and O–H groups in total. The molecule has 2 saturated heterocycles. The molecular weight excluding hydrogens is 266 g/mol. The standard InChI is InChI=1S/C13H16ClN3O2/c14-10-4-16-2-1-9(10)3-11(15)12(18)17-5-13(6-17)7-19-8-13/h1-2,4,11H,3,5-8,15H2/t11-/m0/s1. The Kier molecular flexibility index (Phi) is 3.20. The van der Waals surface area contributed by atoms with Crippen LogP contribution < -0.4 is 5.73 Å². The van der Waals surface area contributed by atoms with E-state index >= 15 is 0 Å². The molecular formula is C13H16ClN3O2. The first kappa shape index (κ1) is 12.8. The van der Waals surface area contributed by atoms with Gasteiger partial charge in [-0.05, 0) is 18.1 Å². The van der Waals surface area contributed by atoms with E-state index < -0.39 is 6.04 Å². The van der Waals surface area contributed by atoms with Gasteiger partial charge in [0.2, 0.25) is 5.91 Å². The van der Waals surface area contributed by atoms with Gasteiger partial charge < -0.3 is 15.4 Å². The van der Waals surface area contributed by atoms with Crippen molar-refractivity contribution in [1.29, 1.82) is 0 Å². The summed E-state index contributed by atoms with van der Waals surface area (Å²) in [5.41, 5.74) is 7.06. The molecule has 5 nitrogen and oxygen atoms in total. The molecule has 0 bridgehead atoms. The lowest BCUT2D eigenvalue weighted by atomic mass is 9.77. The normalized spacial score (nSPS) is 21.7. The molecule has 0 aromatic carbocycles. The van der Waals surface area contributed by atoms with Gasteiger partial charge in [-0.3, -0.25) is 9.78 Å². The predicted octanol–water partition coefficient (Wildman–Crippen LogP) is 0.464. The second-order valence-corrected chi connectivity index (χ2v) is 5.87. The summed E-state index contributed by atoms with van der Waals surface area (Å²) in [6.45, 7) is 3.07. The van der Waals surface area contributed by atoms with Crippen LogP contribution in [0.4, 0.5) is 0 Å². The minimum Gasteiger partial charge on any atom is -0.380 e. The van der Waals surface area contributed by atoms with Gasteiger partial charge in [0, 0.05) is 25.5 Å². The van der Waals surface area contributed by atoms with Crippen LogP contribution >= 0.6 is 11.6 Å². The Hall–Kier alpha value is -1.17. The largest absolute Gasteiger partial charge is 0.380 e. The van der Waals surface area contributed by atoms with Crippen molar-refractivity contribution in [2.75, 3.05) is 26.3 Å². The monoisotopic (exact) mass is 281 g/mol. The van der Waals surface area contributed by atoms with Crippen LogP contribution in [-0.4, -0.2) is 48.1 Å². The average molecular weight is 282 g/mol. The summed E-state index contributed by atoms with van der Waals surface area (Å²) in [4.78, 5) is 17.9. The number of amides is 1. The van der Waals surface area contributed by atoms with E-state index in [4.69, 9.17) is 22.1 Å². The van der Waals surface area contributed by atoms with Crippen LogP contribution in [0.2, 0.25) is 5.02 Å². The van der Waals surface area contributed by atoms with Crippen molar-refractivity contribution in [2.24, 2.45) is 11.1 Å². The minimum atomic E-state index is -0.543. The molecule has 6 heteroatoms. The van der Waals surface area contributed by atoms with Crippen molar-refractivity contribution in [2.45, 2.75) is 12.5 Å². The summed E-state index contributed by atoms with van der Waals surface area (Å²) in [5, 5.41) is 0.554. The zero-order valence-corrected chi connectivity index (χ0v) is 11.3. The Morgan fingerprint density at radius 2 is 2.32 bits per heavy atom. The SMILES string of the molecule is N[C@@H](Cc1ccncc1Cl)C(=O)N1CC2(COC2)C1. The summed E-state index contributed by atoms with van der Waals surface area (Å²) in [6, 6.07) is 1.26. The fourth-order valence-corrected chi connectivity index (χ4v) is 2.82. The lowest BCUT2D eigenvalue weighted by Gasteiger charge is -2.55. The summed E-state index contributed by atoms with van der Waals surface area (Å²) < 4.78 is 5.19. The van der Waals surface area contributed by atoms with Crippen molar-refractivity contribution in [3.8, 4) is 0 Å². The van der Waals surface area contributed by atoms with Crippen molar-refractivity contribution < 1.29 is 9.53 Å². The molecule has 1 aromatic heterocycles. The van der Waals surface area contributed by atoms with Gasteiger partial charge in [0.15, 0.2) is 0 Å². The van der Waals surface area contributed by atoms with E-state index in [0.29, 0.717) is 11.4 Å². The van der Waals surface area contributed by atoms with Crippen molar-refractivity contribution in [3.63, 3.8) is 0 Å². The number of carbonyl (C=O) groups is 1. The van der Waals surface area contributed by atoms with E-state index in [1.807, 2.05) is 4.90 Å². The molecule has 19 heavy (non-hydrogen) atoms. The second kappa shape index (κ2) is 4.74. The third-order valence-corrected chi connectivity index (χ3v) is 4.13. The number of nitrogens with zero attached hydrogens (tertiary/aromatic N) is 2. The Morgan fingerprint density at radius 3 is 2.89 bits per heavy atom. The van der Waals surface area contributed by atoms with Crippen LogP contribution in [0.1, 0.15) is 5.56 Å². The minimum absolute atomic E-state index is 0.00889. The average Bonchev–Trinajstić information content (AvgIpc) is 2.28. The van der Waals surface area contributed by atoms with E-state index in [2.05, 4.69) is 4.98 Å². The Balaban J connectivity index is 1.57. The number of pyridine rings is 1. The number of aromatic nitrogens is 1. The van der Waals surface area contributed by atoms with E-state index in [-0.39, 0.29) is 11.3 Å². The molecule has 0 radical (unpaired) electrons. The topological polar surface area (TPSA) is 68.5 Å². The molecule has 2 aliphatic rings. The van der Waals surface area contributed by atoms with Crippen LogP contribution in [0, 0.1) is 5.41 Å². The quantitative estimate of drug-likeness (QED) is 0.874. The van der Waals surface area contributed by atoms with Crippen LogP contribution in [0.3, 0.4) is 0 Å². The maximum atomic E-state index is 12.2. The van der Waals surface area contributed by atoms with Gasteiger partial charge in [0.25, 0.3) is 0 Å². The molecule has 1 spiro atoms. The summed E-state index contributed by atoms with van der Waals surface area (Å²) in [6.07, 6.45) is 3.67. The highest BCUT2D eigenvalue weighted by atomic mass is 35.5. The maximum absolute atomic E-state index is 12.2. The number of halogens is 1.